The van der Waals surface area contributed by atoms with Crippen molar-refractivity contribution >= 4 is 16.8 Å². The second-order valence-corrected chi connectivity index (χ2v) is 6.18. The van der Waals surface area contributed by atoms with Crippen LogP contribution in [0.25, 0.3) is 10.9 Å². The van der Waals surface area contributed by atoms with Gasteiger partial charge in [0.2, 0.25) is 5.91 Å². The van der Waals surface area contributed by atoms with Crippen molar-refractivity contribution in [2.24, 2.45) is 0 Å². The summed E-state index contributed by atoms with van der Waals surface area (Å²) < 4.78 is 0. The molecule has 1 aromatic heterocycles. The molecule has 3 heteroatoms. The summed E-state index contributed by atoms with van der Waals surface area (Å²) in [5.41, 5.74) is 3.51. The van der Waals surface area contributed by atoms with E-state index < -0.39 is 0 Å². The first kappa shape index (κ1) is 16.3. The minimum atomic E-state index is 0.103. The van der Waals surface area contributed by atoms with Gasteiger partial charge >= 0.3 is 0 Å². The van der Waals surface area contributed by atoms with Crippen molar-refractivity contribution in [3.63, 3.8) is 0 Å². The Hall–Kier alpha value is -2.55. The topological polar surface area (TPSA) is 44.9 Å². The van der Waals surface area contributed by atoms with E-state index in [1.54, 1.807) is 0 Å². The van der Waals surface area contributed by atoms with E-state index in [1.807, 2.05) is 36.5 Å². The summed E-state index contributed by atoms with van der Waals surface area (Å²) >= 11 is 0. The van der Waals surface area contributed by atoms with Gasteiger partial charge in [-0.3, -0.25) is 4.79 Å². The summed E-state index contributed by atoms with van der Waals surface area (Å²) in [7, 11) is 0. The van der Waals surface area contributed by atoms with Crippen LogP contribution in [0.3, 0.4) is 0 Å². The van der Waals surface area contributed by atoms with Crippen molar-refractivity contribution in [1.82, 2.24) is 10.3 Å². The minimum Gasteiger partial charge on any atom is -0.361 e. The summed E-state index contributed by atoms with van der Waals surface area (Å²) in [4.78, 5) is 15.7. The lowest BCUT2D eigenvalue weighted by Gasteiger charge is -2.18. The number of benzene rings is 2. The number of carbonyl (C=O) groups excluding carboxylic acids is 1. The molecule has 3 nitrogen and oxygen atoms in total. The smallest absolute Gasteiger partial charge is 0.220 e. The Balaban J connectivity index is 1.62. The van der Waals surface area contributed by atoms with E-state index >= 15 is 0 Å². The Morgan fingerprint density at radius 2 is 1.83 bits per heavy atom. The van der Waals surface area contributed by atoms with Crippen LogP contribution in [0.2, 0.25) is 0 Å². The number of hydrogen-bond donors (Lipinski definition) is 2. The van der Waals surface area contributed by atoms with Crippen LogP contribution in [0.5, 0.6) is 0 Å². The first-order valence-electron chi connectivity index (χ1n) is 8.67. The number of para-hydroxylation sites is 1. The second-order valence-electron chi connectivity index (χ2n) is 6.18. The van der Waals surface area contributed by atoms with Gasteiger partial charge in [-0.15, -0.1) is 0 Å². The number of hydrogen-bond acceptors (Lipinski definition) is 1. The standard InChI is InChI=1S/C21H24N2O/c1-2-8-19(16-9-4-3-5-10-16)23-21(24)14-13-17-15-22-20-12-7-6-11-18(17)20/h3-7,9-12,15,19,22H,2,8,13-14H2,1H3,(H,23,24). The maximum absolute atomic E-state index is 12.4. The number of carbonyl (C=O) groups is 1. The predicted molar refractivity (Wildman–Crippen MR) is 98.9 cm³/mol. The molecule has 1 amide bonds. The Morgan fingerprint density at radius 1 is 1.08 bits per heavy atom. The largest absolute Gasteiger partial charge is 0.361 e. The van der Waals surface area contributed by atoms with Crippen molar-refractivity contribution in [2.45, 2.75) is 38.6 Å². The van der Waals surface area contributed by atoms with Crippen molar-refractivity contribution in [2.75, 3.05) is 0 Å². The first-order chi connectivity index (χ1) is 11.8. The van der Waals surface area contributed by atoms with Crippen LogP contribution < -0.4 is 5.32 Å². The van der Waals surface area contributed by atoms with Gasteiger partial charge in [0.25, 0.3) is 0 Å². The van der Waals surface area contributed by atoms with Gasteiger partial charge in [0, 0.05) is 23.5 Å². The molecule has 2 N–H and O–H groups in total. The lowest BCUT2D eigenvalue weighted by molar-refractivity contribution is -0.121. The fourth-order valence-corrected chi connectivity index (χ4v) is 3.15. The predicted octanol–water partition coefficient (Wildman–Crippen LogP) is 4.76. The number of aromatic nitrogens is 1. The molecule has 2 aromatic carbocycles. The third-order valence-electron chi connectivity index (χ3n) is 4.41. The number of rotatable bonds is 7. The van der Waals surface area contributed by atoms with Crippen LogP contribution in [0.1, 0.15) is 43.4 Å². The Kier molecular flexibility index (Phi) is 5.32. The molecule has 0 spiro atoms. The molecule has 24 heavy (non-hydrogen) atoms. The normalized spacial score (nSPS) is 12.2. The number of aryl methyl sites for hydroxylation is 1. The molecule has 0 bridgehead atoms. The van der Waals surface area contributed by atoms with E-state index in [-0.39, 0.29) is 11.9 Å². The van der Waals surface area contributed by atoms with E-state index in [9.17, 15) is 4.79 Å². The first-order valence-corrected chi connectivity index (χ1v) is 8.67. The average molecular weight is 320 g/mol. The molecular weight excluding hydrogens is 296 g/mol. The van der Waals surface area contributed by atoms with E-state index in [1.165, 1.54) is 16.5 Å². The lowest BCUT2D eigenvalue weighted by atomic mass is 10.0. The van der Waals surface area contributed by atoms with Gasteiger partial charge in [-0.05, 0) is 30.0 Å². The quantitative estimate of drug-likeness (QED) is 0.648. The molecule has 0 fully saturated rings. The van der Waals surface area contributed by atoms with Crippen LogP contribution in [-0.2, 0) is 11.2 Å². The Morgan fingerprint density at radius 3 is 2.62 bits per heavy atom. The van der Waals surface area contributed by atoms with Crippen LogP contribution in [0.4, 0.5) is 0 Å². The van der Waals surface area contributed by atoms with E-state index in [2.05, 4.69) is 41.5 Å². The third-order valence-corrected chi connectivity index (χ3v) is 4.41. The van der Waals surface area contributed by atoms with Crippen LogP contribution in [-0.4, -0.2) is 10.9 Å². The van der Waals surface area contributed by atoms with Gasteiger partial charge in [-0.2, -0.15) is 0 Å². The summed E-state index contributed by atoms with van der Waals surface area (Å²) in [6, 6.07) is 18.5. The molecule has 1 atom stereocenters. The molecule has 1 unspecified atom stereocenters. The maximum Gasteiger partial charge on any atom is 0.220 e. The number of nitrogens with one attached hydrogen (secondary N) is 2. The molecule has 124 valence electrons. The van der Waals surface area contributed by atoms with Crippen LogP contribution >= 0.6 is 0 Å². The highest BCUT2D eigenvalue weighted by atomic mass is 16.1. The zero-order chi connectivity index (χ0) is 16.8. The molecule has 0 aliphatic carbocycles. The Bertz CT molecular complexity index is 792. The van der Waals surface area contributed by atoms with Gasteiger partial charge in [0.1, 0.15) is 0 Å². The van der Waals surface area contributed by atoms with E-state index in [4.69, 9.17) is 0 Å². The molecule has 0 saturated heterocycles. The number of aromatic amines is 1. The van der Waals surface area contributed by atoms with Crippen molar-refractivity contribution < 1.29 is 4.79 Å². The van der Waals surface area contributed by atoms with Crippen molar-refractivity contribution in [1.29, 1.82) is 0 Å². The van der Waals surface area contributed by atoms with Crippen LogP contribution in [0, 0.1) is 0 Å². The molecule has 1 heterocycles. The molecule has 0 saturated carbocycles. The maximum atomic E-state index is 12.4. The molecule has 0 aliphatic rings. The summed E-state index contributed by atoms with van der Waals surface area (Å²) in [5, 5.41) is 4.40. The number of H-pyrrole nitrogens is 1. The van der Waals surface area contributed by atoms with Gasteiger partial charge in [0.15, 0.2) is 0 Å². The average Bonchev–Trinajstić information content (AvgIpc) is 3.04. The summed E-state index contributed by atoms with van der Waals surface area (Å²) in [6.07, 6.45) is 5.28. The van der Waals surface area contributed by atoms with E-state index in [0.29, 0.717) is 6.42 Å². The Labute approximate surface area is 143 Å². The van der Waals surface area contributed by atoms with Gasteiger partial charge in [-0.1, -0.05) is 61.9 Å². The number of fused-ring (bicyclic) bond motifs is 1. The highest BCUT2D eigenvalue weighted by Crippen LogP contribution is 2.20. The number of amides is 1. The van der Waals surface area contributed by atoms with Crippen molar-refractivity contribution in [3.05, 3.63) is 71.9 Å². The SMILES string of the molecule is CCCC(NC(=O)CCc1c[nH]c2ccccc12)c1ccccc1. The zero-order valence-corrected chi connectivity index (χ0v) is 14.1. The highest BCUT2D eigenvalue weighted by molar-refractivity contribution is 5.84. The zero-order valence-electron chi connectivity index (χ0n) is 14.1. The second kappa shape index (κ2) is 7.82. The molecule has 3 aromatic rings. The van der Waals surface area contributed by atoms with E-state index in [0.717, 1.165) is 24.8 Å². The van der Waals surface area contributed by atoms with Crippen LogP contribution in [0.15, 0.2) is 60.8 Å². The van der Waals surface area contributed by atoms with Gasteiger partial charge in [0.05, 0.1) is 6.04 Å². The van der Waals surface area contributed by atoms with Gasteiger partial charge in [-0.25, -0.2) is 0 Å². The van der Waals surface area contributed by atoms with Crippen molar-refractivity contribution in [3.8, 4) is 0 Å². The highest BCUT2D eigenvalue weighted by Gasteiger charge is 2.14. The molecule has 0 aliphatic heterocycles. The monoisotopic (exact) mass is 320 g/mol. The fourth-order valence-electron chi connectivity index (χ4n) is 3.15. The minimum absolute atomic E-state index is 0.103. The lowest BCUT2D eigenvalue weighted by Crippen LogP contribution is -2.28. The fraction of sp³-hybridized carbons (Fsp3) is 0.286. The van der Waals surface area contributed by atoms with Gasteiger partial charge < -0.3 is 10.3 Å². The molecular formula is C21H24N2O. The third kappa shape index (κ3) is 3.85. The summed E-state index contributed by atoms with van der Waals surface area (Å²) in [5.74, 6) is 0.114. The molecule has 3 rings (SSSR count). The molecule has 0 radical (unpaired) electrons. The summed E-state index contributed by atoms with van der Waals surface area (Å²) in [6.45, 7) is 2.15.